The van der Waals surface area contributed by atoms with E-state index in [9.17, 15) is 9.59 Å². The molecule has 0 unspecified atom stereocenters. The van der Waals surface area contributed by atoms with Crippen molar-refractivity contribution >= 4 is 41.0 Å². The van der Waals surface area contributed by atoms with Crippen LogP contribution in [-0.4, -0.2) is 34.1 Å². The molecule has 9 heteroatoms. The highest BCUT2D eigenvalue weighted by molar-refractivity contribution is 8.00. The first-order valence-electron chi connectivity index (χ1n) is 9.63. The first-order chi connectivity index (χ1) is 15.1. The maximum absolute atomic E-state index is 13.2. The van der Waals surface area contributed by atoms with E-state index in [-0.39, 0.29) is 17.2 Å². The van der Waals surface area contributed by atoms with E-state index in [0.29, 0.717) is 33.1 Å². The van der Waals surface area contributed by atoms with Crippen molar-refractivity contribution in [3.63, 3.8) is 0 Å². The van der Waals surface area contributed by atoms with Gasteiger partial charge in [0.05, 0.1) is 29.1 Å². The molecule has 3 aromatic rings. The maximum Gasteiger partial charge on any atom is 0.272 e. The summed E-state index contributed by atoms with van der Waals surface area (Å²) in [6.45, 7) is 0.343. The second-order valence-electron chi connectivity index (χ2n) is 6.77. The quantitative estimate of drug-likeness (QED) is 0.413. The molecule has 2 heterocycles. The van der Waals surface area contributed by atoms with Gasteiger partial charge in [0.25, 0.3) is 5.56 Å². The van der Waals surface area contributed by atoms with Crippen molar-refractivity contribution in [2.75, 3.05) is 18.6 Å². The van der Waals surface area contributed by atoms with Crippen LogP contribution >= 0.6 is 35.1 Å². The number of rotatable bonds is 7. The standard InChI is InChI=1S/C22H20ClN3O3S2/c1-29-16-7-4-6-15(11-16)26-21(28)20-18(9-10-30-20)25-22(26)31-13-19(27)24-12-14-5-2-3-8-17(14)23/h2-8,11H,9-10,12-13H2,1H3,(H,24,27). The highest BCUT2D eigenvalue weighted by Gasteiger charge is 2.23. The van der Waals surface area contributed by atoms with Gasteiger partial charge in [-0.3, -0.25) is 14.2 Å². The molecule has 0 bridgehead atoms. The van der Waals surface area contributed by atoms with E-state index >= 15 is 0 Å². The number of ether oxygens (including phenoxy) is 1. The Hall–Kier alpha value is -2.42. The monoisotopic (exact) mass is 473 g/mol. The molecule has 0 saturated heterocycles. The molecular weight excluding hydrogens is 454 g/mol. The number of carbonyl (C=O) groups is 1. The Bertz CT molecular complexity index is 1180. The van der Waals surface area contributed by atoms with E-state index < -0.39 is 0 Å². The van der Waals surface area contributed by atoms with Gasteiger partial charge in [0.15, 0.2) is 5.16 Å². The summed E-state index contributed by atoms with van der Waals surface area (Å²) in [6.07, 6.45) is 0.750. The van der Waals surface area contributed by atoms with Crippen LogP contribution in [0.5, 0.6) is 5.75 Å². The fourth-order valence-electron chi connectivity index (χ4n) is 3.18. The number of carbonyl (C=O) groups excluding carboxylic acids is 1. The molecule has 4 rings (SSSR count). The molecule has 6 nitrogen and oxygen atoms in total. The average molecular weight is 474 g/mol. The third kappa shape index (κ3) is 4.92. The Balaban J connectivity index is 1.56. The van der Waals surface area contributed by atoms with Gasteiger partial charge in [-0.2, -0.15) is 0 Å². The lowest BCUT2D eigenvalue weighted by Gasteiger charge is -2.14. The van der Waals surface area contributed by atoms with Crippen LogP contribution in [0.1, 0.15) is 11.3 Å². The Morgan fingerprint density at radius 1 is 1.29 bits per heavy atom. The van der Waals surface area contributed by atoms with Crippen LogP contribution in [-0.2, 0) is 17.8 Å². The molecule has 31 heavy (non-hydrogen) atoms. The molecule has 1 amide bonds. The molecular formula is C22H20ClN3O3S2. The minimum absolute atomic E-state index is 0.111. The zero-order valence-corrected chi connectivity index (χ0v) is 19.1. The van der Waals surface area contributed by atoms with Gasteiger partial charge in [0, 0.05) is 29.8 Å². The lowest BCUT2D eigenvalue weighted by atomic mass is 10.2. The number of fused-ring (bicyclic) bond motifs is 1. The zero-order valence-electron chi connectivity index (χ0n) is 16.8. The Kier molecular flexibility index (Phi) is 6.89. The minimum Gasteiger partial charge on any atom is -0.497 e. The molecule has 1 N–H and O–H groups in total. The molecule has 0 spiro atoms. The largest absolute Gasteiger partial charge is 0.497 e. The van der Waals surface area contributed by atoms with Crippen molar-refractivity contribution < 1.29 is 9.53 Å². The van der Waals surface area contributed by atoms with Gasteiger partial charge in [-0.05, 0) is 23.8 Å². The molecule has 0 atom stereocenters. The summed E-state index contributed by atoms with van der Waals surface area (Å²) in [7, 11) is 1.58. The number of nitrogens with zero attached hydrogens (tertiary/aromatic N) is 2. The second kappa shape index (κ2) is 9.80. The lowest BCUT2D eigenvalue weighted by molar-refractivity contribution is -0.118. The zero-order chi connectivity index (χ0) is 21.8. The molecule has 2 aromatic carbocycles. The van der Waals surface area contributed by atoms with Crippen molar-refractivity contribution in [3.8, 4) is 11.4 Å². The van der Waals surface area contributed by atoms with Crippen LogP contribution in [0.3, 0.4) is 0 Å². The summed E-state index contributed by atoms with van der Waals surface area (Å²) in [5, 5.41) is 3.98. The van der Waals surface area contributed by atoms with Crippen molar-refractivity contribution in [2.24, 2.45) is 0 Å². The fraction of sp³-hybridized carbons (Fsp3) is 0.227. The number of halogens is 1. The first-order valence-corrected chi connectivity index (χ1v) is 12.0. The topological polar surface area (TPSA) is 73.2 Å². The van der Waals surface area contributed by atoms with Crippen molar-refractivity contribution in [2.45, 2.75) is 23.0 Å². The third-order valence-electron chi connectivity index (χ3n) is 4.74. The van der Waals surface area contributed by atoms with Gasteiger partial charge in [0.2, 0.25) is 5.91 Å². The van der Waals surface area contributed by atoms with Gasteiger partial charge < -0.3 is 10.1 Å². The highest BCUT2D eigenvalue weighted by atomic mass is 35.5. The smallest absolute Gasteiger partial charge is 0.272 e. The minimum atomic E-state index is -0.161. The number of thioether (sulfide) groups is 2. The average Bonchev–Trinajstić information content (AvgIpc) is 3.26. The SMILES string of the molecule is COc1cccc(-n2c(SCC(=O)NCc3ccccc3Cl)nc3c(c2=O)SCC3)c1. The number of aromatic nitrogens is 2. The van der Waals surface area contributed by atoms with Gasteiger partial charge in [-0.25, -0.2) is 4.98 Å². The summed E-state index contributed by atoms with van der Waals surface area (Å²) in [4.78, 5) is 31.1. The van der Waals surface area contributed by atoms with E-state index in [1.807, 2.05) is 36.4 Å². The van der Waals surface area contributed by atoms with E-state index in [2.05, 4.69) is 5.32 Å². The Morgan fingerprint density at radius 2 is 2.13 bits per heavy atom. The number of aryl methyl sites for hydroxylation is 1. The molecule has 160 valence electrons. The summed E-state index contributed by atoms with van der Waals surface area (Å²) in [6, 6.07) is 14.6. The summed E-state index contributed by atoms with van der Waals surface area (Å²) >= 11 is 8.91. The van der Waals surface area contributed by atoms with Crippen molar-refractivity contribution in [3.05, 3.63) is 75.2 Å². The predicted molar refractivity (Wildman–Crippen MR) is 125 cm³/mol. The summed E-state index contributed by atoms with van der Waals surface area (Å²) in [5.74, 6) is 1.45. The van der Waals surface area contributed by atoms with E-state index in [4.69, 9.17) is 21.3 Å². The number of hydrogen-bond donors (Lipinski definition) is 1. The number of benzene rings is 2. The number of nitrogens with one attached hydrogen (secondary N) is 1. The molecule has 0 aliphatic carbocycles. The van der Waals surface area contributed by atoms with Crippen LogP contribution in [0.2, 0.25) is 5.02 Å². The van der Waals surface area contributed by atoms with Crippen LogP contribution in [0.4, 0.5) is 0 Å². The van der Waals surface area contributed by atoms with Crippen molar-refractivity contribution in [1.29, 1.82) is 0 Å². The Morgan fingerprint density at radius 3 is 2.94 bits per heavy atom. The normalized spacial score (nSPS) is 12.5. The second-order valence-corrected chi connectivity index (χ2v) is 9.22. The molecule has 0 fully saturated rings. The molecule has 1 aliphatic rings. The van der Waals surface area contributed by atoms with Gasteiger partial charge in [0.1, 0.15) is 5.75 Å². The molecule has 0 radical (unpaired) electrons. The molecule has 1 aromatic heterocycles. The number of amides is 1. The maximum atomic E-state index is 13.2. The summed E-state index contributed by atoms with van der Waals surface area (Å²) in [5.41, 5.74) is 2.20. The fourth-order valence-corrected chi connectivity index (χ4v) is 5.27. The number of hydrogen-bond acceptors (Lipinski definition) is 6. The van der Waals surface area contributed by atoms with E-state index in [1.54, 1.807) is 23.8 Å². The van der Waals surface area contributed by atoms with Gasteiger partial charge in [-0.15, -0.1) is 11.8 Å². The van der Waals surface area contributed by atoms with Crippen LogP contribution < -0.4 is 15.6 Å². The molecule has 1 aliphatic heterocycles. The predicted octanol–water partition coefficient (Wildman–Crippen LogP) is 3.95. The summed E-state index contributed by atoms with van der Waals surface area (Å²) < 4.78 is 6.87. The van der Waals surface area contributed by atoms with Gasteiger partial charge in [-0.1, -0.05) is 47.6 Å². The Labute approximate surface area is 193 Å². The lowest BCUT2D eigenvalue weighted by Crippen LogP contribution is -2.27. The first kappa shape index (κ1) is 21.8. The highest BCUT2D eigenvalue weighted by Crippen LogP contribution is 2.30. The molecule has 0 saturated carbocycles. The van der Waals surface area contributed by atoms with E-state index in [1.165, 1.54) is 23.5 Å². The van der Waals surface area contributed by atoms with Crippen molar-refractivity contribution in [1.82, 2.24) is 14.9 Å². The van der Waals surface area contributed by atoms with Crippen LogP contribution in [0.15, 0.2) is 63.4 Å². The third-order valence-corrected chi connectivity index (χ3v) is 7.16. The van der Waals surface area contributed by atoms with Crippen LogP contribution in [0.25, 0.3) is 5.69 Å². The van der Waals surface area contributed by atoms with Crippen LogP contribution in [0, 0.1) is 0 Å². The number of methoxy groups -OCH3 is 1. The van der Waals surface area contributed by atoms with Gasteiger partial charge >= 0.3 is 0 Å². The van der Waals surface area contributed by atoms with E-state index in [0.717, 1.165) is 23.4 Å².